The van der Waals surface area contributed by atoms with E-state index in [0.717, 1.165) is 11.1 Å². The van der Waals surface area contributed by atoms with Gasteiger partial charge in [-0.2, -0.15) is 0 Å². The smallest absolute Gasteiger partial charge is 0.338 e. The van der Waals surface area contributed by atoms with E-state index < -0.39 is 11.9 Å². The van der Waals surface area contributed by atoms with Crippen LogP contribution in [0.5, 0.6) is 11.5 Å². The summed E-state index contributed by atoms with van der Waals surface area (Å²) in [5, 5.41) is 0. The van der Waals surface area contributed by atoms with Crippen LogP contribution >= 0.6 is 0 Å². The molecule has 0 radical (unpaired) electrons. The predicted molar refractivity (Wildman–Crippen MR) is 112 cm³/mol. The van der Waals surface area contributed by atoms with Crippen molar-refractivity contribution in [3.63, 3.8) is 0 Å². The lowest BCUT2D eigenvalue weighted by molar-refractivity contribution is 0.0590. The van der Waals surface area contributed by atoms with Crippen LogP contribution in [0.3, 0.4) is 0 Å². The molecule has 0 aliphatic carbocycles. The number of esters is 2. The highest BCUT2D eigenvalue weighted by Gasteiger charge is 2.31. The fraction of sp³-hybridized carbons (Fsp3) is 0.304. The molecule has 30 heavy (non-hydrogen) atoms. The maximum absolute atomic E-state index is 12.5. The number of ether oxygens (including phenoxy) is 4. The van der Waals surface area contributed by atoms with Crippen LogP contribution in [-0.2, 0) is 22.6 Å². The quantitative estimate of drug-likeness (QED) is 0.532. The maximum Gasteiger partial charge on any atom is 0.338 e. The first-order valence-corrected chi connectivity index (χ1v) is 9.40. The number of hydrogen-bond acceptors (Lipinski definition) is 7. The third kappa shape index (κ3) is 3.64. The molecule has 0 amide bonds. The molecule has 0 fully saturated rings. The van der Waals surface area contributed by atoms with Crippen molar-refractivity contribution in [2.45, 2.75) is 13.1 Å². The lowest BCUT2D eigenvalue weighted by atomic mass is 9.89. The molecule has 7 nitrogen and oxygen atoms in total. The highest BCUT2D eigenvalue weighted by molar-refractivity contribution is 5.99. The SMILES string of the molecule is C=CCN1Cc2c(C(=O)OC)ccc(OC)c2-c2c(OC)ccc(C(=O)OC)c2C1. The van der Waals surface area contributed by atoms with Crippen LogP contribution in [0.4, 0.5) is 0 Å². The van der Waals surface area contributed by atoms with Crippen LogP contribution < -0.4 is 9.47 Å². The summed E-state index contributed by atoms with van der Waals surface area (Å²) in [7, 11) is 5.83. The molecular weight excluding hydrogens is 386 g/mol. The van der Waals surface area contributed by atoms with E-state index in [9.17, 15) is 9.59 Å². The van der Waals surface area contributed by atoms with E-state index in [1.165, 1.54) is 14.2 Å². The first-order valence-electron chi connectivity index (χ1n) is 9.40. The second kappa shape index (κ2) is 9.00. The summed E-state index contributed by atoms with van der Waals surface area (Å²) < 4.78 is 21.3. The molecule has 0 bridgehead atoms. The van der Waals surface area contributed by atoms with Gasteiger partial charge in [0, 0.05) is 30.8 Å². The molecule has 3 rings (SSSR count). The molecule has 1 aliphatic rings. The molecule has 0 saturated carbocycles. The zero-order valence-corrected chi connectivity index (χ0v) is 17.6. The van der Waals surface area contributed by atoms with E-state index in [-0.39, 0.29) is 0 Å². The minimum Gasteiger partial charge on any atom is -0.496 e. The van der Waals surface area contributed by atoms with E-state index in [0.29, 0.717) is 53.4 Å². The molecular formula is C23H25NO6. The minimum atomic E-state index is -0.445. The lowest BCUT2D eigenvalue weighted by Crippen LogP contribution is -2.24. The summed E-state index contributed by atoms with van der Waals surface area (Å²) in [5.74, 6) is 0.248. The van der Waals surface area contributed by atoms with Crippen molar-refractivity contribution in [1.82, 2.24) is 4.90 Å². The van der Waals surface area contributed by atoms with Crippen LogP contribution in [0.2, 0.25) is 0 Å². The molecule has 0 N–H and O–H groups in total. The number of hydrogen-bond donors (Lipinski definition) is 0. The Labute approximate surface area is 175 Å². The molecule has 0 spiro atoms. The molecule has 0 atom stereocenters. The zero-order chi connectivity index (χ0) is 21.8. The Morgan fingerprint density at radius 1 is 0.867 bits per heavy atom. The molecule has 158 valence electrons. The molecule has 2 aromatic rings. The number of carbonyl (C=O) groups excluding carboxylic acids is 2. The third-order valence-electron chi connectivity index (χ3n) is 5.20. The van der Waals surface area contributed by atoms with E-state index in [2.05, 4.69) is 11.5 Å². The van der Waals surface area contributed by atoms with Crippen molar-refractivity contribution >= 4 is 11.9 Å². The summed E-state index contributed by atoms with van der Waals surface area (Å²) in [6, 6.07) is 6.83. The summed E-state index contributed by atoms with van der Waals surface area (Å²) in [5.41, 5.74) is 3.74. The predicted octanol–water partition coefficient (Wildman–Crippen LogP) is 3.45. The summed E-state index contributed by atoms with van der Waals surface area (Å²) in [6.07, 6.45) is 1.78. The second-order valence-corrected chi connectivity index (χ2v) is 6.78. The lowest BCUT2D eigenvalue weighted by Gasteiger charge is -2.21. The Hall–Kier alpha value is -3.32. The average Bonchev–Trinajstić information content (AvgIpc) is 2.94. The van der Waals surface area contributed by atoms with Crippen molar-refractivity contribution < 1.29 is 28.5 Å². The van der Waals surface area contributed by atoms with Gasteiger partial charge in [0.05, 0.1) is 39.6 Å². The van der Waals surface area contributed by atoms with E-state index >= 15 is 0 Å². The standard InChI is InChI=1S/C23H25NO6/c1-6-11-24-12-16-14(22(25)29-4)7-9-18(27-2)20(16)21-17(13-24)15(23(26)30-5)8-10-19(21)28-3/h6-10H,1,11-13H2,2-5H3. The summed E-state index contributed by atoms with van der Waals surface area (Å²) >= 11 is 0. The number of fused-ring (bicyclic) bond motifs is 3. The molecule has 0 aromatic heterocycles. The van der Waals surface area contributed by atoms with Gasteiger partial charge in [-0.05, 0) is 35.4 Å². The molecule has 2 aromatic carbocycles. The van der Waals surface area contributed by atoms with E-state index in [1.54, 1.807) is 44.6 Å². The van der Waals surface area contributed by atoms with Crippen LogP contribution in [0.15, 0.2) is 36.9 Å². The van der Waals surface area contributed by atoms with Gasteiger partial charge in [0.1, 0.15) is 11.5 Å². The van der Waals surface area contributed by atoms with Gasteiger partial charge in [-0.15, -0.1) is 6.58 Å². The number of carbonyl (C=O) groups is 2. The molecule has 7 heteroatoms. The highest BCUT2D eigenvalue weighted by atomic mass is 16.5. The van der Waals surface area contributed by atoms with Crippen molar-refractivity contribution in [2.24, 2.45) is 0 Å². The van der Waals surface area contributed by atoms with Gasteiger partial charge in [-0.1, -0.05) is 6.08 Å². The Bertz CT molecular complexity index is 922. The van der Waals surface area contributed by atoms with Gasteiger partial charge >= 0.3 is 11.9 Å². The van der Waals surface area contributed by atoms with Gasteiger partial charge in [-0.25, -0.2) is 9.59 Å². The zero-order valence-electron chi connectivity index (χ0n) is 17.6. The van der Waals surface area contributed by atoms with Gasteiger partial charge in [-0.3, -0.25) is 4.90 Å². The Balaban J connectivity index is 2.46. The fourth-order valence-electron chi connectivity index (χ4n) is 3.89. The maximum atomic E-state index is 12.5. The molecule has 1 aliphatic heterocycles. The fourth-order valence-corrected chi connectivity index (χ4v) is 3.89. The van der Waals surface area contributed by atoms with E-state index in [4.69, 9.17) is 18.9 Å². The number of methoxy groups -OCH3 is 4. The second-order valence-electron chi connectivity index (χ2n) is 6.78. The van der Waals surface area contributed by atoms with Crippen molar-refractivity contribution in [3.8, 4) is 22.6 Å². The Morgan fingerprint density at radius 3 is 1.63 bits per heavy atom. The van der Waals surface area contributed by atoms with Crippen LogP contribution in [0.25, 0.3) is 11.1 Å². The van der Waals surface area contributed by atoms with Crippen LogP contribution in [0.1, 0.15) is 31.8 Å². The summed E-state index contributed by atoms with van der Waals surface area (Å²) in [4.78, 5) is 27.2. The Kier molecular flexibility index (Phi) is 6.42. The number of nitrogens with zero attached hydrogens (tertiary/aromatic N) is 1. The monoisotopic (exact) mass is 411 g/mol. The molecule has 1 heterocycles. The first-order chi connectivity index (χ1) is 14.5. The average molecular weight is 411 g/mol. The minimum absolute atomic E-state index is 0.431. The topological polar surface area (TPSA) is 74.3 Å². The van der Waals surface area contributed by atoms with Gasteiger partial charge in [0.25, 0.3) is 0 Å². The van der Waals surface area contributed by atoms with E-state index in [1.807, 2.05) is 0 Å². The summed E-state index contributed by atoms with van der Waals surface area (Å²) in [6.45, 7) is 5.25. The molecule has 0 unspecified atom stereocenters. The number of rotatable bonds is 6. The van der Waals surface area contributed by atoms with Crippen molar-refractivity contribution in [2.75, 3.05) is 35.0 Å². The van der Waals surface area contributed by atoms with Crippen molar-refractivity contribution in [1.29, 1.82) is 0 Å². The van der Waals surface area contributed by atoms with Crippen LogP contribution in [-0.4, -0.2) is 51.8 Å². The van der Waals surface area contributed by atoms with Crippen LogP contribution in [0, 0.1) is 0 Å². The molecule has 0 saturated heterocycles. The van der Waals surface area contributed by atoms with Gasteiger partial charge in [0.2, 0.25) is 0 Å². The highest BCUT2D eigenvalue weighted by Crippen LogP contribution is 2.46. The normalized spacial score (nSPS) is 12.8. The third-order valence-corrected chi connectivity index (χ3v) is 5.20. The largest absolute Gasteiger partial charge is 0.496 e. The first kappa shape index (κ1) is 21.4. The number of benzene rings is 2. The van der Waals surface area contributed by atoms with Crippen molar-refractivity contribution in [3.05, 3.63) is 59.2 Å². The van der Waals surface area contributed by atoms with Gasteiger partial charge < -0.3 is 18.9 Å². The van der Waals surface area contributed by atoms with Gasteiger partial charge in [0.15, 0.2) is 0 Å². The Morgan fingerprint density at radius 2 is 1.30 bits per heavy atom.